The molecule has 24 heavy (non-hydrogen) atoms. The monoisotopic (exact) mass is 325 g/mol. The van der Waals surface area contributed by atoms with E-state index in [1.165, 1.54) is 6.33 Å². The Hall–Kier alpha value is -2.76. The number of aromatic carboxylic acids is 1. The average Bonchev–Trinajstić information content (AvgIpc) is 2.62. The highest BCUT2D eigenvalue weighted by molar-refractivity contribution is 5.95. The van der Waals surface area contributed by atoms with Gasteiger partial charge in [-0.3, -0.25) is 4.79 Å². The number of rotatable bonds is 3. The van der Waals surface area contributed by atoms with E-state index in [1.54, 1.807) is 31.3 Å². The maximum atomic E-state index is 12.7. The van der Waals surface area contributed by atoms with Gasteiger partial charge in [0, 0.05) is 25.2 Å². The van der Waals surface area contributed by atoms with E-state index in [0.29, 0.717) is 24.3 Å². The molecule has 1 unspecified atom stereocenters. The van der Waals surface area contributed by atoms with Crippen LogP contribution < -0.4 is 0 Å². The molecule has 1 aromatic carbocycles. The lowest BCUT2D eigenvalue weighted by Crippen LogP contribution is -2.39. The molecular weight excluding hydrogens is 306 g/mol. The van der Waals surface area contributed by atoms with Gasteiger partial charge in [-0.05, 0) is 37.5 Å². The van der Waals surface area contributed by atoms with Gasteiger partial charge in [-0.25, -0.2) is 14.8 Å². The Kier molecular flexibility index (Phi) is 4.55. The van der Waals surface area contributed by atoms with Gasteiger partial charge < -0.3 is 10.0 Å². The summed E-state index contributed by atoms with van der Waals surface area (Å²) in [5, 5.41) is 9.15. The van der Waals surface area contributed by atoms with Crippen LogP contribution in [-0.2, 0) is 0 Å². The van der Waals surface area contributed by atoms with Gasteiger partial charge in [0.2, 0.25) is 0 Å². The minimum Gasteiger partial charge on any atom is -0.478 e. The lowest BCUT2D eigenvalue weighted by Gasteiger charge is -2.33. The van der Waals surface area contributed by atoms with Crippen LogP contribution in [0.1, 0.15) is 50.7 Å². The van der Waals surface area contributed by atoms with Crippen LogP contribution in [0, 0.1) is 6.92 Å². The number of piperidine rings is 1. The molecule has 0 spiro atoms. The molecule has 1 atom stereocenters. The molecule has 0 saturated carbocycles. The van der Waals surface area contributed by atoms with Crippen LogP contribution in [0.15, 0.2) is 36.8 Å². The number of aromatic nitrogens is 2. The number of hydrogen-bond donors (Lipinski definition) is 1. The first-order valence-electron chi connectivity index (χ1n) is 7.95. The molecule has 1 aliphatic rings. The number of carbonyl (C=O) groups is 2. The smallest absolute Gasteiger partial charge is 0.335 e. The van der Waals surface area contributed by atoms with Gasteiger partial charge in [-0.2, -0.15) is 0 Å². The number of carbonyl (C=O) groups excluding carboxylic acids is 1. The van der Waals surface area contributed by atoms with Crippen molar-refractivity contribution in [1.82, 2.24) is 14.9 Å². The van der Waals surface area contributed by atoms with Crippen molar-refractivity contribution in [2.45, 2.75) is 25.7 Å². The van der Waals surface area contributed by atoms with Gasteiger partial charge in [-0.15, -0.1) is 0 Å². The quantitative estimate of drug-likeness (QED) is 0.937. The standard InChI is InChI=1S/C18H19N3O3/c1-12-16(9-19-11-20-12)17(22)21-7-3-6-15(10-21)13-4-2-5-14(8-13)18(23)24/h2,4-5,8-9,11,15H,3,6-7,10H2,1H3,(H,23,24). The van der Waals surface area contributed by atoms with E-state index in [2.05, 4.69) is 9.97 Å². The van der Waals surface area contributed by atoms with Gasteiger partial charge in [0.1, 0.15) is 6.33 Å². The number of amides is 1. The fourth-order valence-electron chi connectivity index (χ4n) is 3.13. The molecule has 1 saturated heterocycles. The third-order valence-corrected chi connectivity index (χ3v) is 4.46. The predicted molar refractivity (Wildman–Crippen MR) is 88.0 cm³/mol. The van der Waals surface area contributed by atoms with E-state index >= 15 is 0 Å². The lowest BCUT2D eigenvalue weighted by molar-refractivity contribution is 0.0687. The predicted octanol–water partition coefficient (Wildman–Crippen LogP) is 2.50. The van der Waals surface area contributed by atoms with E-state index in [4.69, 9.17) is 5.11 Å². The molecule has 1 fully saturated rings. The van der Waals surface area contributed by atoms with Crippen molar-refractivity contribution in [3.63, 3.8) is 0 Å². The fourth-order valence-corrected chi connectivity index (χ4v) is 3.13. The number of hydrogen-bond acceptors (Lipinski definition) is 4. The zero-order valence-corrected chi connectivity index (χ0v) is 13.5. The number of likely N-dealkylation sites (tertiary alicyclic amines) is 1. The Morgan fingerprint density at radius 1 is 1.33 bits per heavy atom. The molecular formula is C18H19N3O3. The molecule has 0 aliphatic carbocycles. The second-order valence-electron chi connectivity index (χ2n) is 6.04. The zero-order chi connectivity index (χ0) is 17.1. The summed E-state index contributed by atoms with van der Waals surface area (Å²) in [6.45, 7) is 3.07. The van der Waals surface area contributed by atoms with Gasteiger partial charge in [0.25, 0.3) is 5.91 Å². The Bertz CT molecular complexity index is 776. The molecule has 6 heteroatoms. The first-order chi connectivity index (χ1) is 11.6. The molecule has 2 aromatic rings. The van der Waals surface area contributed by atoms with Gasteiger partial charge >= 0.3 is 5.97 Å². The molecule has 2 heterocycles. The second kappa shape index (κ2) is 6.78. The minimum absolute atomic E-state index is 0.0628. The molecule has 1 N–H and O–H groups in total. The van der Waals surface area contributed by atoms with Crippen molar-refractivity contribution < 1.29 is 14.7 Å². The van der Waals surface area contributed by atoms with Crippen molar-refractivity contribution in [3.05, 3.63) is 59.2 Å². The van der Waals surface area contributed by atoms with Crippen LogP contribution in [0.5, 0.6) is 0 Å². The highest BCUT2D eigenvalue weighted by atomic mass is 16.4. The summed E-state index contributed by atoms with van der Waals surface area (Å²) < 4.78 is 0. The molecule has 3 rings (SSSR count). The third-order valence-electron chi connectivity index (χ3n) is 4.46. The number of aryl methyl sites for hydroxylation is 1. The van der Waals surface area contributed by atoms with Crippen LogP contribution in [0.2, 0.25) is 0 Å². The Morgan fingerprint density at radius 2 is 2.17 bits per heavy atom. The Labute approximate surface area is 140 Å². The largest absolute Gasteiger partial charge is 0.478 e. The van der Waals surface area contributed by atoms with E-state index in [1.807, 2.05) is 11.0 Å². The van der Waals surface area contributed by atoms with E-state index in [0.717, 1.165) is 18.4 Å². The Morgan fingerprint density at radius 3 is 2.92 bits per heavy atom. The van der Waals surface area contributed by atoms with Crippen LogP contribution in [0.25, 0.3) is 0 Å². The first-order valence-corrected chi connectivity index (χ1v) is 7.95. The normalized spacial score (nSPS) is 17.5. The van der Waals surface area contributed by atoms with Gasteiger partial charge in [-0.1, -0.05) is 12.1 Å². The van der Waals surface area contributed by atoms with Crippen molar-refractivity contribution in [1.29, 1.82) is 0 Å². The van der Waals surface area contributed by atoms with Crippen LogP contribution in [0.3, 0.4) is 0 Å². The number of nitrogens with zero attached hydrogens (tertiary/aromatic N) is 3. The summed E-state index contributed by atoms with van der Waals surface area (Å²) >= 11 is 0. The van der Waals surface area contributed by atoms with E-state index in [9.17, 15) is 9.59 Å². The fraction of sp³-hybridized carbons (Fsp3) is 0.333. The average molecular weight is 325 g/mol. The highest BCUT2D eigenvalue weighted by Gasteiger charge is 2.27. The summed E-state index contributed by atoms with van der Waals surface area (Å²) in [5.41, 5.74) is 2.44. The topological polar surface area (TPSA) is 83.4 Å². The third kappa shape index (κ3) is 3.27. The number of carboxylic acid groups (broad SMARTS) is 1. The van der Waals surface area contributed by atoms with Crippen LogP contribution in [-0.4, -0.2) is 44.9 Å². The summed E-state index contributed by atoms with van der Waals surface area (Å²) in [4.78, 5) is 33.7. The SMILES string of the molecule is Cc1ncncc1C(=O)N1CCCC(c2cccc(C(=O)O)c2)C1. The summed E-state index contributed by atoms with van der Waals surface area (Å²) in [5.74, 6) is -0.850. The Balaban J connectivity index is 1.80. The minimum atomic E-state index is -0.933. The van der Waals surface area contributed by atoms with Gasteiger partial charge in [0.05, 0.1) is 16.8 Å². The number of benzene rings is 1. The molecule has 1 aliphatic heterocycles. The maximum Gasteiger partial charge on any atom is 0.335 e. The highest BCUT2D eigenvalue weighted by Crippen LogP contribution is 2.28. The van der Waals surface area contributed by atoms with Crippen molar-refractivity contribution in [2.24, 2.45) is 0 Å². The molecule has 124 valence electrons. The summed E-state index contributed by atoms with van der Waals surface area (Å²) in [6.07, 6.45) is 4.82. The molecule has 1 aromatic heterocycles. The van der Waals surface area contributed by atoms with Gasteiger partial charge in [0.15, 0.2) is 0 Å². The van der Waals surface area contributed by atoms with Crippen LogP contribution >= 0.6 is 0 Å². The lowest BCUT2D eigenvalue weighted by atomic mass is 9.89. The summed E-state index contributed by atoms with van der Waals surface area (Å²) in [6, 6.07) is 6.98. The van der Waals surface area contributed by atoms with E-state index in [-0.39, 0.29) is 17.4 Å². The first kappa shape index (κ1) is 16.1. The molecule has 6 nitrogen and oxygen atoms in total. The second-order valence-corrected chi connectivity index (χ2v) is 6.04. The van der Waals surface area contributed by atoms with E-state index < -0.39 is 5.97 Å². The van der Waals surface area contributed by atoms with Crippen molar-refractivity contribution in [2.75, 3.05) is 13.1 Å². The van der Waals surface area contributed by atoms with Crippen LogP contribution in [0.4, 0.5) is 0 Å². The van der Waals surface area contributed by atoms with Crippen molar-refractivity contribution >= 4 is 11.9 Å². The molecule has 1 amide bonds. The van der Waals surface area contributed by atoms with Crippen molar-refractivity contribution in [3.8, 4) is 0 Å². The number of carboxylic acids is 1. The molecule has 0 bridgehead atoms. The molecule has 0 radical (unpaired) electrons. The summed E-state index contributed by atoms with van der Waals surface area (Å²) in [7, 11) is 0. The maximum absolute atomic E-state index is 12.7. The zero-order valence-electron chi connectivity index (χ0n) is 13.5.